The highest BCUT2D eigenvalue weighted by molar-refractivity contribution is 7.92. The van der Waals surface area contributed by atoms with Gasteiger partial charge in [-0.15, -0.1) is 0 Å². The number of alkyl halides is 3. The van der Waals surface area contributed by atoms with Gasteiger partial charge in [0.1, 0.15) is 0 Å². The van der Waals surface area contributed by atoms with Crippen molar-refractivity contribution in [3.8, 4) is 0 Å². The van der Waals surface area contributed by atoms with E-state index in [2.05, 4.69) is 0 Å². The molecule has 1 amide bonds. The van der Waals surface area contributed by atoms with Crippen LogP contribution >= 0.6 is 11.6 Å². The molecule has 3 aromatic carbocycles. The molecule has 1 heterocycles. The zero-order valence-electron chi connectivity index (χ0n) is 18.4. The van der Waals surface area contributed by atoms with Crippen LogP contribution in [0.3, 0.4) is 0 Å². The second-order valence-corrected chi connectivity index (χ2v) is 10.1. The number of nitrogens with one attached hydrogen (secondary N) is 1. The van der Waals surface area contributed by atoms with Crippen molar-refractivity contribution in [2.75, 3.05) is 22.8 Å². The minimum absolute atomic E-state index is 0.140. The van der Waals surface area contributed by atoms with E-state index in [4.69, 9.17) is 16.3 Å². The van der Waals surface area contributed by atoms with Crippen LogP contribution in [0.25, 0.3) is 0 Å². The van der Waals surface area contributed by atoms with E-state index in [0.29, 0.717) is 18.2 Å². The largest absolute Gasteiger partial charge is 0.452 e. The van der Waals surface area contributed by atoms with Crippen molar-refractivity contribution in [1.29, 1.82) is 0 Å². The number of halogens is 4. The summed E-state index contributed by atoms with van der Waals surface area (Å²) in [5, 5.41) is 1.87. The SMILES string of the molecule is O=C(COC(=O)c1cccc(S(=O)(=O)N2CCc3ccccc32)c1)Nc1ccc(Cl)cc1C(F)(F)F. The maximum Gasteiger partial charge on any atom is 0.418 e. The second-order valence-electron chi connectivity index (χ2n) is 7.80. The lowest BCUT2D eigenvalue weighted by Gasteiger charge is -2.19. The molecular weight excluding hydrogens is 521 g/mol. The lowest BCUT2D eigenvalue weighted by atomic mass is 10.1. The molecule has 7 nitrogen and oxygen atoms in total. The third-order valence-corrected chi connectivity index (χ3v) is 7.44. The molecule has 12 heteroatoms. The number of fused-ring (bicyclic) bond motifs is 1. The van der Waals surface area contributed by atoms with Crippen LogP contribution in [0.5, 0.6) is 0 Å². The number of hydrogen-bond acceptors (Lipinski definition) is 5. The molecule has 3 aromatic rings. The molecule has 0 saturated heterocycles. The van der Waals surface area contributed by atoms with Crippen molar-refractivity contribution < 1.29 is 35.9 Å². The van der Waals surface area contributed by atoms with Crippen molar-refractivity contribution in [2.24, 2.45) is 0 Å². The average molecular weight is 539 g/mol. The van der Waals surface area contributed by atoms with Crippen LogP contribution in [0.2, 0.25) is 5.02 Å². The molecule has 0 unspecified atom stereocenters. The summed E-state index contributed by atoms with van der Waals surface area (Å²) in [6.45, 7) is -0.642. The standard InChI is InChI=1S/C24H18ClF3N2O5S/c25-17-8-9-20(19(13-17)24(26,27)28)29-22(31)14-35-23(32)16-5-3-6-18(12-16)36(33,34)30-11-10-15-4-1-2-7-21(15)30/h1-9,12-13H,10-11,14H2,(H,29,31). The third kappa shape index (κ3) is 5.31. The minimum Gasteiger partial charge on any atom is -0.452 e. The zero-order valence-corrected chi connectivity index (χ0v) is 20.0. The number of nitrogens with zero attached hydrogens (tertiary/aromatic N) is 1. The Balaban J connectivity index is 1.45. The summed E-state index contributed by atoms with van der Waals surface area (Å²) in [5.74, 6) is -2.04. The fourth-order valence-corrected chi connectivity index (χ4v) is 5.45. The van der Waals surface area contributed by atoms with Crippen LogP contribution in [0.15, 0.2) is 71.6 Å². The highest BCUT2D eigenvalue weighted by Gasteiger charge is 2.34. The first-order valence-corrected chi connectivity index (χ1v) is 12.3. The van der Waals surface area contributed by atoms with Crippen LogP contribution in [0.1, 0.15) is 21.5 Å². The number of carbonyl (C=O) groups excluding carboxylic acids is 2. The number of para-hydroxylation sites is 1. The number of anilines is 2. The zero-order chi connectivity index (χ0) is 26.1. The molecule has 0 aromatic heterocycles. The highest BCUT2D eigenvalue weighted by atomic mass is 35.5. The van der Waals surface area contributed by atoms with Crippen molar-refractivity contribution in [2.45, 2.75) is 17.5 Å². The summed E-state index contributed by atoms with van der Waals surface area (Å²) < 4.78 is 72.1. The summed E-state index contributed by atoms with van der Waals surface area (Å²) in [4.78, 5) is 24.5. The molecule has 4 rings (SSSR count). The monoisotopic (exact) mass is 538 g/mol. The van der Waals surface area contributed by atoms with Gasteiger partial charge in [-0.3, -0.25) is 9.10 Å². The van der Waals surface area contributed by atoms with Gasteiger partial charge in [0.2, 0.25) is 0 Å². The van der Waals surface area contributed by atoms with E-state index in [-0.39, 0.29) is 22.0 Å². The van der Waals surface area contributed by atoms with Crippen molar-refractivity contribution in [3.63, 3.8) is 0 Å². The predicted octanol–water partition coefficient (Wildman–Crippen LogP) is 4.91. The number of benzene rings is 3. The molecule has 0 spiro atoms. The van der Waals surface area contributed by atoms with Gasteiger partial charge >= 0.3 is 12.1 Å². The van der Waals surface area contributed by atoms with E-state index in [1.54, 1.807) is 12.1 Å². The van der Waals surface area contributed by atoms with Gasteiger partial charge in [-0.25, -0.2) is 13.2 Å². The molecule has 1 aliphatic rings. The Labute approximate surface area is 209 Å². The van der Waals surface area contributed by atoms with Crippen molar-refractivity contribution >= 4 is 44.9 Å². The summed E-state index contributed by atoms with van der Waals surface area (Å²) in [5.41, 5.74) is -0.401. The van der Waals surface area contributed by atoms with E-state index in [1.165, 1.54) is 28.6 Å². The number of sulfonamides is 1. The quantitative estimate of drug-likeness (QED) is 0.450. The number of esters is 1. The first kappa shape index (κ1) is 25.5. The van der Waals surface area contributed by atoms with Crippen LogP contribution in [0.4, 0.5) is 24.5 Å². The van der Waals surface area contributed by atoms with Gasteiger partial charge in [0.05, 0.1) is 27.4 Å². The molecule has 0 fully saturated rings. The lowest BCUT2D eigenvalue weighted by molar-refractivity contribution is -0.137. The Hall–Kier alpha value is -3.57. The Morgan fingerprint density at radius 1 is 1.03 bits per heavy atom. The normalized spacial score (nSPS) is 13.3. The summed E-state index contributed by atoms with van der Waals surface area (Å²) >= 11 is 5.61. The fourth-order valence-electron chi connectivity index (χ4n) is 3.73. The van der Waals surface area contributed by atoms with Crippen LogP contribution in [-0.4, -0.2) is 33.4 Å². The maximum atomic E-state index is 13.2. The van der Waals surface area contributed by atoms with Gasteiger partial charge in [0, 0.05) is 11.6 Å². The summed E-state index contributed by atoms with van der Waals surface area (Å²) in [7, 11) is -3.97. The number of carbonyl (C=O) groups is 2. The van der Waals surface area contributed by atoms with E-state index in [9.17, 15) is 31.2 Å². The van der Waals surface area contributed by atoms with E-state index in [0.717, 1.165) is 17.7 Å². The number of hydrogen-bond donors (Lipinski definition) is 1. The minimum atomic E-state index is -4.77. The van der Waals surface area contributed by atoms with E-state index >= 15 is 0 Å². The van der Waals surface area contributed by atoms with Crippen LogP contribution in [-0.2, 0) is 32.2 Å². The Morgan fingerprint density at radius 3 is 2.53 bits per heavy atom. The molecule has 0 atom stereocenters. The molecule has 36 heavy (non-hydrogen) atoms. The van der Waals surface area contributed by atoms with E-state index < -0.39 is 45.9 Å². The molecule has 0 aliphatic carbocycles. The van der Waals surface area contributed by atoms with Gasteiger partial charge in [0.25, 0.3) is 15.9 Å². The van der Waals surface area contributed by atoms with Gasteiger partial charge in [-0.1, -0.05) is 35.9 Å². The number of rotatable bonds is 6. The van der Waals surface area contributed by atoms with Gasteiger partial charge in [0.15, 0.2) is 6.61 Å². The summed E-state index contributed by atoms with van der Waals surface area (Å²) in [6.07, 6.45) is -4.22. The van der Waals surface area contributed by atoms with Crippen molar-refractivity contribution in [1.82, 2.24) is 0 Å². The molecule has 1 aliphatic heterocycles. The Morgan fingerprint density at radius 2 is 1.78 bits per heavy atom. The molecule has 0 radical (unpaired) electrons. The molecule has 1 N–H and O–H groups in total. The molecule has 0 bridgehead atoms. The fraction of sp³-hybridized carbons (Fsp3) is 0.167. The van der Waals surface area contributed by atoms with Gasteiger partial charge in [-0.2, -0.15) is 13.2 Å². The van der Waals surface area contributed by atoms with Gasteiger partial charge in [-0.05, 0) is 54.4 Å². The Bertz CT molecular complexity index is 1440. The highest BCUT2D eigenvalue weighted by Crippen LogP contribution is 2.36. The maximum absolute atomic E-state index is 13.2. The molecule has 0 saturated carbocycles. The number of amides is 1. The first-order valence-electron chi connectivity index (χ1n) is 10.5. The third-order valence-electron chi connectivity index (χ3n) is 5.40. The first-order chi connectivity index (χ1) is 17.0. The smallest absolute Gasteiger partial charge is 0.418 e. The van der Waals surface area contributed by atoms with Crippen LogP contribution in [0, 0.1) is 0 Å². The Kier molecular flexibility index (Phi) is 6.96. The topological polar surface area (TPSA) is 92.8 Å². The second kappa shape index (κ2) is 9.82. The van der Waals surface area contributed by atoms with E-state index in [1.807, 2.05) is 17.4 Å². The summed E-state index contributed by atoms with van der Waals surface area (Å²) in [6, 6.07) is 15.0. The molecular formula is C24H18ClF3N2O5S. The molecule has 188 valence electrons. The number of ether oxygens (including phenoxy) is 1. The van der Waals surface area contributed by atoms with Crippen molar-refractivity contribution in [3.05, 3.63) is 88.4 Å². The van der Waals surface area contributed by atoms with Gasteiger partial charge < -0.3 is 10.1 Å². The predicted molar refractivity (Wildman–Crippen MR) is 126 cm³/mol. The lowest BCUT2D eigenvalue weighted by Crippen LogP contribution is -2.29. The average Bonchev–Trinajstić information content (AvgIpc) is 3.28. The van der Waals surface area contributed by atoms with Crippen LogP contribution < -0.4 is 9.62 Å².